The highest BCUT2D eigenvalue weighted by Crippen LogP contribution is 2.30. The van der Waals surface area contributed by atoms with Gasteiger partial charge in [0, 0.05) is 32.2 Å². The molecule has 2 unspecified atom stereocenters. The number of hydrogen-bond acceptors (Lipinski definition) is 7. The van der Waals surface area contributed by atoms with Crippen molar-refractivity contribution in [1.29, 1.82) is 0 Å². The van der Waals surface area contributed by atoms with Gasteiger partial charge in [0.25, 0.3) is 0 Å². The van der Waals surface area contributed by atoms with Gasteiger partial charge in [-0.2, -0.15) is 4.98 Å². The Morgan fingerprint density at radius 3 is 2.56 bits per heavy atom. The maximum Gasteiger partial charge on any atom is 0.245 e. The molecule has 134 valence electrons. The number of likely N-dealkylation sites (N-methyl/N-ethyl adjacent to an activating group) is 1. The van der Waals surface area contributed by atoms with Crippen LogP contribution in [0.2, 0.25) is 0 Å². The number of piperazine rings is 1. The quantitative estimate of drug-likeness (QED) is 0.870. The van der Waals surface area contributed by atoms with E-state index in [2.05, 4.69) is 69.0 Å². The molecule has 0 aliphatic carbocycles. The largest absolute Gasteiger partial charge is 0.338 e. The van der Waals surface area contributed by atoms with Gasteiger partial charge in [0.15, 0.2) is 5.82 Å². The minimum absolute atomic E-state index is 0.0556. The van der Waals surface area contributed by atoms with Gasteiger partial charge < -0.3 is 9.42 Å². The van der Waals surface area contributed by atoms with E-state index in [4.69, 9.17) is 4.52 Å². The van der Waals surface area contributed by atoms with Crippen molar-refractivity contribution in [2.45, 2.75) is 32.0 Å². The standard InChI is InChI=1S/C18H26N6O/c1-13-3-5-14(6-4-13)15-11-16(21-20-15)18-19-17(22-25-18)12-24-9-7-23(2)8-10-24/h3-6,15-16,20-21H,7-12H2,1-2H3. The number of hydrazine groups is 1. The molecule has 2 aliphatic heterocycles. The number of aryl methyl sites for hydroxylation is 1. The van der Waals surface area contributed by atoms with E-state index >= 15 is 0 Å². The molecule has 0 saturated carbocycles. The van der Waals surface area contributed by atoms with E-state index < -0.39 is 0 Å². The SMILES string of the molecule is Cc1ccc(C2CC(c3nc(CN4CCN(C)CC4)no3)NN2)cc1. The summed E-state index contributed by atoms with van der Waals surface area (Å²) in [6, 6.07) is 8.95. The zero-order valence-corrected chi connectivity index (χ0v) is 14.9. The van der Waals surface area contributed by atoms with Gasteiger partial charge in [-0.1, -0.05) is 35.0 Å². The second kappa shape index (κ2) is 7.21. The summed E-state index contributed by atoms with van der Waals surface area (Å²) in [5, 5.41) is 4.17. The Balaban J connectivity index is 1.35. The van der Waals surface area contributed by atoms with Crippen LogP contribution in [0.25, 0.3) is 0 Å². The van der Waals surface area contributed by atoms with Gasteiger partial charge in [-0.05, 0) is 26.0 Å². The maximum atomic E-state index is 5.51. The third kappa shape index (κ3) is 3.90. The first-order valence-corrected chi connectivity index (χ1v) is 8.98. The lowest BCUT2D eigenvalue weighted by Crippen LogP contribution is -2.44. The molecule has 25 heavy (non-hydrogen) atoms. The smallest absolute Gasteiger partial charge is 0.245 e. The lowest BCUT2D eigenvalue weighted by molar-refractivity contribution is 0.144. The van der Waals surface area contributed by atoms with Crippen molar-refractivity contribution in [1.82, 2.24) is 30.8 Å². The molecule has 1 aromatic heterocycles. The normalized spacial score (nSPS) is 25.5. The minimum Gasteiger partial charge on any atom is -0.338 e. The van der Waals surface area contributed by atoms with E-state index in [1.165, 1.54) is 11.1 Å². The average molecular weight is 342 g/mol. The number of nitrogens with one attached hydrogen (secondary N) is 2. The van der Waals surface area contributed by atoms with Crippen molar-refractivity contribution >= 4 is 0 Å². The van der Waals surface area contributed by atoms with Gasteiger partial charge in [0.05, 0.1) is 6.54 Å². The molecule has 0 bridgehead atoms. The van der Waals surface area contributed by atoms with Crippen LogP contribution in [0.4, 0.5) is 0 Å². The molecule has 4 rings (SSSR count). The summed E-state index contributed by atoms with van der Waals surface area (Å²) in [7, 11) is 2.16. The van der Waals surface area contributed by atoms with E-state index in [9.17, 15) is 0 Å². The van der Waals surface area contributed by atoms with Gasteiger partial charge >= 0.3 is 0 Å². The Kier molecular flexibility index (Phi) is 4.80. The van der Waals surface area contributed by atoms with Crippen molar-refractivity contribution in [2.75, 3.05) is 33.2 Å². The first kappa shape index (κ1) is 16.7. The van der Waals surface area contributed by atoms with Crippen LogP contribution in [0.5, 0.6) is 0 Å². The summed E-state index contributed by atoms with van der Waals surface area (Å²) >= 11 is 0. The summed E-state index contributed by atoms with van der Waals surface area (Å²) in [5.74, 6) is 1.45. The Bertz CT molecular complexity index is 692. The molecule has 2 aromatic rings. The number of aromatic nitrogens is 2. The van der Waals surface area contributed by atoms with E-state index in [1.54, 1.807) is 0 Å². The predicted octanol–water partition coefficient (Wildman–Crippen LogP) is 1.41. The third-order valence-corrected chi connectivity index (χ3v) is 5.13. The number of benzene rings is 1. The van der Waals surface area contributed by atoms with Crippen LogP contribution in [0.15, 0.2) is 28.8 Å². The summed E-state index contributed by atoms with van der Waals surface area (Å²) in [4.78, 5) is 9.34. The second-order valence-electron chi connectivity index (χ2n) is 7.17. The van der Waals surface area contributed by atoms with Crippen molar-refractivity contribution < 1.29 is 4.52 Å². The molecule has 1 aromatic carbocycles. The molecule has 2 aliphatic rings. The summed E-state index contributed by atoms with van der Waals surface area (Å²) in [6.45, 7) is 7.17. The average Bonchev–Trinajstić information content (AvgIpc) is 3.27. The maximum absolute atomic E-state index is 5.51. The van der Waals surface area contributed by atoms with Crippen LogP contribution in [0.1, 0.15) is 41.3 Å². The monoisotopic (exact) mass is 342 g/mol. The fraction of sp³-hybridized carbons (Fsp3) is 0.556. The van der Waals surface area contributed by atoms with Gasteiger partial charge in [0.2, 0.25) is 5.89 Å². The zero-order valence-electron chi connectivity index (χ0n) is 14.9. The number of nitrogens with zero attached hydrogens (tertiary/aromatic N) is 4. The predicted molar refractivity (Wildman–Crippen MR) is 94.6 cm³/mol. The lowest BCUT2D eigenvalue weighted by Gasteiger charge is -2.31. The fourth-order valence-electron chi connectivity index (χ4n) is 3.41. The van der Waals surface area contributed by atoms with Crippen molar-refractivity contribution in [3.05, 3.63) is 47.1 Å². The molecule has 0 spiro atoms. The third-order valence-electron chi connectivity index (χ3n) is 5.13. The van der Waals surface area contributed by atoms with Crippen LogP contribution >= 0.6 is 0 Å². The minimum atomic E-state index is 0.0556. The van der Waals surface area contributed by atoms with Crippen molar-refractivity contribution in [3.63, 3.8) is 0 Å². The van der Waals surface area contributed by atoms with Crippen LogP contribution in [0, 0.1) is 6.92 Å². The van der Waals surface area contributed by atoms with Gasteiger partial charge in [-0.3, -0.25) is 4.90 Å². The molecule has 2 atom stereocenters. The molecule has 7 heteroatoms. The van der Waals surface area contributed by atoms with E-state index in [-0.39, 0.29) is 12.1 Å². The van der Waals surface area contributed by atoms with Crippen LogP contribution in [-0.2, 0) is 6.54 Å². The molecule has 7 nitrogen and oxygen atoms in total. The van der Waals surface area contributed by atoms with Crippen LogP contribution in [-0.4, -0.2) is 53.2 Å². The summed E-state index contributed by atoms with van der Waals surface area (Å²) in [6.07, 6.45) is 0.902. The lowest BCUT2D eigenvalue weighted by atomic mass is 10.0. The molecule has 2 fully saturated rings. The fourth-order valence-corrected chi connectivity index (χ4v) is 3.41. The van der Waals surface area contributed by atoms with E-state index in [1.807, 2.05) is 0 Å². The Hall–Kier alpha value is -1.80. The first-order chi connectivity index (χ1) is 12.2. The molecule has 2 N–H and O–H groups in total. The highest BCUT2D eigenvalue weighted by atomic mass is 16.5. The second-order valence-corrected chi connectivity index (χ2v) is 7.17. The van der Waals surface area contributed by atoms with Crippen LogP contribution in [0.3, 0.4) is 0 Å². The Labute approximate surface area is 148 Å². The molecule has 0 amide bonds. The summed E-state index contributed by atoms with van der Waals surface area (Å²) < 4.78 is 5.51. The zero-order chi connectivity index (χ0) is 17.2. The highest BCUT2D eigenvalue weighted by molar-refractivity contribution is 5.25. The number of rotatable bonds is 4. The van der Waals surface area contributed by atoms with Gasteiger partial charge in [-0.25, -0.2) is 10.9 Å². The molecular formula is C18H26N6O. The first-order valence-electron chi connectivity index (χ1n) is 8.98. The van der Waals surface area contributed by atoms with E-state index in [0.717, 1.165) is 45.0 Å². The van der Waals surface area contributed by atoms with Crippen molar-refractivity contribution in [2.24, 2.45) is 0 Å². The van der Waals surface area contributed by atoms with Crippen LogP contribution < -0.4 is 10.9 Å². The number of hydrogen-bond donors (Lipinski definition) is 2. The van der Waals surface area contributed by atoms with Crippen molar-refractivity contribution in [3.8, 4) is 0 Å². The molecule has 3 heterocycles. The molecule has 2 saturated heterocycles. The molecule has 0 radical (unpaired) electrons. The van der Waals surface area contributed by atoms with Gasteiger partial charge in [-0.15, -0.1) is 0 Å². The summed E-state index contributed by atoms with van der Waals surface area (Å²) in [5.41, 5.74) is 9.19. The Morgan fingerprint density at radius 1 is 1.08 bits per heavy atom. The highest BCUT2D eigenvalue weighted by Gasteiger charge is 2.30. The molecular weight excluding hydrogens is 316 g/mol. The topological polar surface area (TPSA) is 69.5 Å². The van der Waals surface area contributed by atoms with Gasteiger partial charge in [0.1, 0.15) is 6.04 Å². The Morgan fingerprint density at radius 2 is 1.80 bits per heavy atom. The van der Waals surface area contributed by atoms with E-state index in [0.29, 0.717) is 5.89 Å².